The quantitative estimate of drug-likeness (QED) is 0.296. The van der Waals surface area contributed by atoms with E-state index in [9.17, 15) is 5.11 Å². The Morgan fingerprint density at radius 3 is 2.50 bits per heavy atom. The van der Waals surface area contributed by atoms with Crippen molar-refractivity contribution in [3.05, 3.63) is 46.7 Å². The van der Waals surface area contributed by atoms with Gasteiger partial charge in [-0.3, -0.25) is 0 Å². The van der Waals surface area contributed by atoms with E-state index in [4.69, 9.17) is 18.9 Å². The maximum absolute atomic E-state index is 13.3. The van der Waals surface area contributed by atoms with E-state index in [0.29, 0.717) is 11.8 Å². The van der Waals surface area contributed by atoms with Gasteiger partial charge in [0.15, 0.2) is 11.9 Å². The van der Waals surface area contributed by atoms with Crippen LogP contribution in [0.4, 0.5) is 0 Å². The van der Waals surface area contributed by atoms with E-state index in [0.717, 1.165) is 44.9 Å². The maximum atomic E-state index is 13.3. The molecule has 6 fully saturated rings. The lowest BCUT2D eigenvalue weighted by Gasteiger charge is -2.66. The molecule has 4 aliphatic carbocycles. The number of hydrogen-bond acceptors (Lipinski definition) is 5. The van der Waals surface area contributed by atoms with E-state index in [1.165, 1.54) is 33.3 Å². The first-order chi connectivity index (χ1) is 20.7. The summed E-state index contributed by atoms with van der Waals surface area (Å²) in [7, 11) is 0. The van der Waals surface area contributed by atoms with Gasteiger partial charge in [-0.25, -0.2) is 0 Å². The van der Waals surface area contributed by atoms with Crippen LogP contribution < -0.4 is 0 Å². The van der Waals surface area contributed by atoms with E-state index in [1.807, 2.05) is 0 Å². The van der Waals surface area contributed by atoms with Crippen molar-refractivity contribution in [2.24, 2.45) is 22.7 Å². The lowest BCUT2D eigenvalue weighted by molar-refractivity contribution is -0.359. The number of fused-ring (bicyclic) bond motifs is 9. The maximum Gasteiger partial charge on any atom is 0.162 e. The molecule has 1 aromatic heterocycles. The van der Waals surface area contributed by atoms with E-state index < -0.39 is 16.8 Å². The molecule has 6 nitrogen and oxygen atoms in total. The summed E-state index contributed by atoms with van der Waals surface area (Å²) in [5, 5.41) is 14.7. The summed E-state index contributed by atoms with van der Waals surface area (Å²) in [6, 6.07) is 6.97. The zero-order chi connectivity index (χ0) is 30.8. The Kier molecular flexibility index (Phi) is 5.45. The van der Waals surface area contributed by atoms with E-state index in [-0.39, 0.29) is 47.0 Å². The fourth-order valence-corrected chi connectivity index (χ4v) is 11.3. The Balaban J connectivity index is 1.09. The van der Waals surface area contributed by atoms with Crippen molar-refractivity contribution in [3.8, 4) is 0 Å². The molecule has 7 aliphatic rings. The van der Waals surface area contributed by atoms with Crippen molar-refractivity contribution in [2.75, 3.05) is 0 Å². The van der Waals surface area contributed by atoms with Gasteiger partial charge in [0.1, 0.15) is 23.9 Å². The summed E-state index contributed by atoms with van der Waals surface area (Å²) in [5.41, 5.74) is 4.15. The summed E-state index contributed by atoms with van der Waals surface area (Å²) in [5.74, 6) is 0.872. The second-order valence-corrected chi connectivity index (χ2v) is 17.6. The number of rotatable bonds is 3. The van der Waals surface area contributed by atoms with Crippen molar-refractivity contribution >= 4 is 10.9 Å². The van der Waals surface area contributed by atoms with Crippen molar-refractivity contribution in [1.29, 1.82) is 0 Å². The molecule has 0 amide bonds. The van der Waals surface area contributed by atoms with Gasteiger partial charge in [-0.2, -0.15) is 0 Å². The zero-order valence-corrected chi connectivity index (χ0v) is 27.9. The predicted molar refractivity (Wildman–Crippen MR) is 169 cm³/mol. The molecule has 0 radical (unpaired) electrons. The van der Waals surface area contributed by atoms with Crippen molar-refractivity contribution in [1.82, 2.24) is 4.98 Å². The van der Waals surface area contributed by atoms with Crippen molar-refractivity contribution < 1.29 is 24.1 Å². The lowest BCUT2D eigenvalue weighted by Crippen LogP contribution is -2.77. The number of nitrogens with one attached hydrogen (secondary N) is 1. The fourth-order valence-electron chi connectivity index (χ4n) is 11.3. The Bertz CT molecular complexity index is 1600. The molecule has 2 unspecified atom stereocenters. The number of benzene rings is 1. The second-order valence-electron chi connectivity index (χ2n) is 17.6. The first-order valence-electron chi connectivity index (χ1n) is 17.3. The molecule has 44 heavy (non-hydrogen) atoms. The molecule has 9 rings (SSSR count). The van der Waals surface area contributed by atoms with Crippen LogP contribution in [0, 0.1) is 22.7 Å². The molecular formula is C38H51NO5. The van der Waals surface area contributed by atoms with Crippen LogP contribution in [0.3, 0.4) is 0 Å². The highest BCUT2D eigenvalue weighted by molar-refractivity contribution is 5.87. The number of H-pyrrole nitrogens is 1. The smallest absolute Gasteiger partial charge is 0.162 e. The molecule has 1 aromatic carbocycles. The minimum Gasteiger partial charge on any atom is -0.386 e. The molecule has 0 bridgehead atoms. The van der Waals surface area contributed by atoms with Gasteiger partial charge in [0.05, 0.1) is 11.7 Å². The number of ether oxygens (including phenoxy) is 4. The van der Waals surface area contributed by atoms with Crippen LogP contribution in [0.25, 0.3) is 10.9 Å². The predicted octanol–water partition coefficient (Wildman–Crippen LogP) is 6.90. The van der Waals surface area contributed by atoms with Gasteiger partial charge in [0.25, 0.3) is 0 Å². The first kappa shape index (κ1) is 28.5. The number of aliphatic hydroxyl groups is 1. The molecule has 2 N–H and O–H groups in total. The lowest BCUT2D eigenvalue weighted by atomic mass is 9.40. The van der Waals surface area contributed by atoms with Crippen LogP contribution in [0.15, 0.2) is 29.8 Å². The Morgan fingerprint density at radius 1 is 1.00 bits per heavy atom. The summed E-state index contributed by atoms with van der Waals surface area (Å²) >= 11 is 0. The molecule has 3 saturated carbocycles. The number of hydrogen-bond donors (Lipinski definition) is 2. The van der Waals surface area contributed by atoms with Gasteiger partial charge in [-0.05, 0) is 101 Å². The highest BCUT2D eigenvalue weighted by atomic mass is 16.8. The van der Waals surface area contributed by atoms with Crippen molar-refractivity contribution in [3.63, 3.8) is 0 Å². The Morgan fingerprint density at radius 2 is 1.77 bits per heavy atom. The van der Waals surface area contributed by atoms with Crippen molar-refractivity contribution in [2.45, 2.75) is 153 Å². The van der Waals surface area contributed by atoms with Gasteiger partial charge < -0.3 is 29.0 Å². The third-order valence-electron chi connectivity index (χ3n) is 14.4. The molecule has 2 aromatic rings. The molecular weight excluding hydrogens is 550 g/mol. The largest absolute Gasteiger partial charge is 0.386 e. The third kappa shape index (κ3) is 3.25. The van der Waals surface area contributed by atoms with Gasteiger partial charge in [-0.1, -0.05) is 51.5 Å². The average molecular weight is 602 g/mol. The summed E-state index contributed by atoms with van der Waals surface area (Å²) in [4.78, 5) is 3.96. The highest BCUT2D eigenvalue weighted by Crippen LogP contribution is 2.75. The van der Waals surface area contributed by atoms with Crippen LogP contribution in [0.5, 0.6) is 0 Å². The molecule has 11 atom stereocenters. The standard InChI is InChI=1S/C38H51NO5/c1-20(2)9-10-21-11-12-23-24-18-22-13-16-37(40)35(7,36(22,8)29(24)39-26(23)17-21)15-14-27-38(37)31(43-38)28-30(41-27)34(5,6)44-32(42-28)25-19-33(25,3)4/h9,11-12,17,22,25,27-28,30-32,39-40H,10,13-16,18-19H2,1-8H3/t22-,25?,27?,28+,30-,31+,32-,35+,36+,37-,38-/m0/s1. The monoisotopic (exact) mass is 601 g/mol. The average Bonchev–Trinajstić information content (AvgIpc) is 3.79. The number of allylic oxidation sites excluding steroid dienone is 2. The van der Waals surface area contributed by atoms with Gasteiger partial charge >= 0.3 is 0 Å². The molecule has 3 saturated heterocycles. The Labute approximate surface area is 262 Å². The number of aromatic nitrogens is 1. The SMILES string of the molecule is CC(C)=CCc1ccc2c3c([nH]c2c1)[C@@]1(C)[C@@H](CC[C@]2(O)[C@]1(C)CCC1O[C@H]4[C@@H](O[C@H](C5CC5(C)C)OC4(C)C)[C@H]4O[C@@]142)C3. The molecule has 1 spiro atoms. The Hall–Kier alpha value is -1.70. The van der Waals surface area contributed by atoms with E-state index >= 15 is 0 Å². The summed E-state index contributed by atoms with van der Waals surface area (Å²) in [6.07, 6.45) is 7.89. The van der Waals surface area contributed by atoms with Crippen LogP contribution in [-0.2, 0) is 37.2 Å². The van der Waals surface area contributed by atoms with Gasteiger partial charge in [0.2, 0.25) is 0 Å². The first-order valence-corrected chi connectivity index (χ1v) is 17.3. The number of epoxide rings is 1. The molecule has 6 heteroatoms. The van der Waals surface area contributed by atoms with E-state index in [1.54, 1.807) is 0 Å². The van der Waals surface area contributed by atoms with Gasteiger partial charge in [-0.15, -0.1) is 0 Å². The van der Waals surface area contributed by atoms with Gasteiger partial charge in [0, 0.05) is 33.3 Å². The topological polar surface area (TPSA) is 76.2 Å². The fraction of sp³-hybridized carbons (Fsp3) is 0.737. The van der Waals surface area contributed by atoms with Crippen LogP contribution in [-0.4, -0.2) is 57.6 Å². The number of aromatic amines is 1. The normalized spacial score (nSPS) is 48.7. The van der Waals surface area contributed by atoms with Crippen LogP contribution in [0.1, 0.15) is 104 Å². The zero-order valence-electron chi connectivity index (χ0n) is 27.9. The molecule has 4 heterocycles. The molecule has 3 aliphatic heterocycles. The van der Waals surface area contributed by atoms with Crippen LogP contribution in [0.2, 0.25) is 0 Å². The second kappa shape index (κ2) is 8.41. The van der Waals surface area contributed by atoms with E-state index in [2.05, 4.69) is 84.6 Å². The summed E-state index contributed by atoms with van der Waals surface area (Å²) in [6.45, 7) is 18.0. The minimum absolute atomic E-state index is 0.159. The third-order valence-corrected chi connectivity index (χ3v) is 14.4. The highest BCUT2D eigenvalue weighted by Gasteiger charge is 2.87. The minimum atomic E-state index is -1.02. The van der Waals surface area contributed by atoms with Crippen LogP contribution >= 0.6 is 0 Å². The molecule has 238 valence electrons. The summed E-state index contributed by atoms with van der Waals surface area (Å²) < 4.78 is 27.3.